The summed E-state index contributed by atoms with van der Waals surface area (Å²) in [6, 6.07) is 19.4. The molecule has 2 heterocycles. The third-order valence-corrected chi connectivity index (χ3v) is 4.67. The molecule has 3 aromatic rings. The molecular formula is C21H14INO3. The maximum atomic E-state index is 12.1. The molecule has 0 unspecified atom stereocenters. The lowest BCUT2D eigenvalue weighted by Crippen LogP contribution is -2.05. The van der Waals surface area contributed by atoms with Crippen LogP contribution in [0.15, 0.2) is 75.8 Å². The molecule has 2 aromatic carbocycles. The van der Waals surface area contributed by atoms with E-state index < -0.39 is 5.97 Å². The maximum Gasteiger partial charge on any atom is 0.363 e. The zero-order valence-electron chi connectivity index (χ0n) is 13.9. The van der Waals surface area contributed by atoms with Crippen LogP contribution < -0.4 is 0 Å². The van der Waals surface area contributed by atoms with Crippen LogP contribution in [-0.2, 0) is 9.53 Å². The first-order chi connectivity index (χ1) is 12.6. The van der Waals surface area contributed by atoms with Crippen molar-refractivity contribution in [1.29, 1.82) is 0 Å². The van der Waals surface area contributed by atoms with Crippen LogP contribution in [-0.4, -0.2) is 11.9 Å². The highest BCUT2D eigenvalue weighted by Gasteiger charge is 2.24. The van der Waals surface area contributed by atoms with Crippen LogP contribution in [0.5, 0.6) is 0 Å². The fraction of sp³-hybridized carbons (Fsp3) is 0.0476. The molecule has 1 aromatic heterocycles. The fourth-order valence-corrected chi connectivity index (χ4v) is 2.92. The van der Waals surface area contributed by atoms with Crippen molar-refractivity contribution in [3.05, 3.63) is 86.8 Å². The van der Waals surface area contributed by atoms with Crippen LogP contribution in [0.2, 0.25) is 0 Å². The number of cyclic esters (lactones) is 1. The normalized spacial score (nSPS) is 15.2. The van der Waals surface area contributed by atoms with Crippen molar-refractivity contribution in [3.63, 3.8) is 0 Å². The highest BCUT2D eigenvalue weighted by atomic mass is 127. The van der Waals surface area contributed by atoms with Gasteiger partial charge in [0.1, 0.15) is 11.5 Å². The Morgan fingerprint density at radius 2 is 1.62 bits per heavy atom. The summed E-state index contributed by atoms with van der Waals surface area (Å²) < 4.78 is 12.3. The second-order valence-corrected chi connectivity index (χ2v) is 7.16. The van der Waals surface area contributed by atoms with E-state index in [1.165, 1.54) is 0 Å². The number of ether oxygens (including phenoxy) is 1. The van der Waals surface area contributed by atoms with E-state index in [2.05, 4.69) is 27.6 Å². The summed E-state index contributed by atoms with van der Waals surface area (Å²) in [6.07, 6.45) is 1.60. The standard InChI is InChI=1S/C21H14INO3/c1-13-2-4-15(5-3-13)20-23-18(21(24)26-20)12-17-10-11-19(25-17)14-6-8-16(22)9-7-14/h2-12H,1H3. The van der Waals surface area contributed by atoms with Crippen LogP contribution >= 0.6 is 22.6 Å². The van der Waals surface area contributed by atoms with Crippen LogP contribution in [0.1, 0.15) is 16.9 Å². The monoisotopic (exact) mass is 455 g/mol. The lowest BCUT2D eigenvalue weighted by atomic mass is 10.1. The van der Waals surface area contributed by atoms with E-state index in [9.17, 15) is 4.79 Å². The predicted molar refractivity (Wildman–Crippen MR) is 109 cm³/mol. The average Bonchev–Trinajstić information content (AvgIpc) is 3.24. The number of benzene rings is 2. The van der Waals surface area contributed by atoms with Gasteiger partial charge in [-0.15, -0.1) is 0 Å². The van der Waals surface area contributed by atoms with Gasteiger partial charge in [0.25, 0.3) is 0 Å². The van der Waals surface area contributed by atoms with Crippen LogP contribution in [0.3, 0.4) is 0 Å². The number of aliphatic imine (C=N–C) groups is 1. The molecule has 0 amide bonds. The van der Waals surface area contributed by atoms with Crippen molar-refractivity contribution in [1.82, 2.24) is 0 Å². The molecule has 0 fully saturated rings. The minimum atomic E-state index is -0.479. The Kier molecular flexibility index (Phi) is 4.46. The summed E-state index contributed by atoms with van der Waals surface area (Å²) in [5.74, 6) is 1.13. The molecule has 26 heavy (non-hydrogen) atoms. The van der Waals surface area contributed by atoms with Crippen molar-refractivity contribution >= 4 is 40.5 Å². The second-order valence-electron chi connectivity index (χ2n) is 5.91. The lowest BCUT2D eigenvalue weighted by Gasteiger charge is -1.99. The van der Waals surface area contributed by atoms with E-state index in [-0.39, 0.29) is 5.70 Å². The van der Waals surface area contributed by atoms with Crippen molar-refractivity contribution in [3.8, 4) is 11.3 Å². The van der Waals surface area contributed by atoms with Crippen LogP contribution in [0.25, 0.3) is 17.4 Å². The fourth-order valence-electron chi connectivity index (χ4n) is 2.56. The molecule has 0 bridgehead atoms. The Hall–Kier alpha value is -2.67. The summed E-state index contributed by atoms with van der Waals surface area (Å²) in [7, 11) is 0. The molecule has 0 N–H and O–H groups in total. The summed E-state index contributed by atoms with van der Waals surface area (Å²) in [6.45, 7) is 2.00. The van der Waals surface area contributed by atoms with Gasteiger partial charge in [-0.25, -0.2) is 9.79 Å². The maximum absolute atomic E-state index is 12.1. The van der Waals surface area contributed by atoms with Gasteiger partial charge in [0, 0.05) is 20.8 Å². The number of carbonyl (C=O) groups excluding carboxylic acids is 1. The topological polar surface area (TPSA) is 51.8 Å². The molecule has 0 spiro atoms. The number of aryl methyl sites for hydroxylation is 1. The van der Waals surface area contributed by atoms with Gasteiger partial charge in [-0.05, 0) is 65.9 Å². The van der Waals surface area contributed by atoms with Crippen molar-refractivity contribution in [2.45, 2.75) is 6.92 Å². The summed E-state index contributed by atoms with van der Waals surface area (Å²) >= 11 is 2.26. The summed E-state index contributed by atoms with van der Waals surface area (Å²) in [5.41, 5.74) is 3.11. The number of furan rings is 1. The Bertz CT molecular complexity index is 1030. The van der Waals surface area contributed by atoms with E-state index in [1.54, 1.807) is 6.08 Å². The Morgan fingerprint density at radius 1 is 0.923 bits per heavy atom. The van der Waals surface area contributed by atoms with E-state index in [1.807, 2.05) is 67.6 Å². The Balaban J connectivity index is 1.61. The molecular weight excluding hydrogens is 441 g/mol. The molecule has 5 heteroatoms. The van der Waals surface area contributed by atoms with Crippen molar-refractivity contribution < 1.29 is 13.9 Å². The number of carbonyl (C=O) groups is 1. The second kappa shape index (κ2) is 6.92. The summed E-state index contributed by atoms with van der Waals surface area (Å²) in [5, 5.41) is 0. The molecule has 4 nitrogen and oxygen atoms in total. The zero-order valence-corrected chi connectivity index (χ0v) is 16.1. The molecule has 1 aliphatic heterocycles. The van der Waals surface area contributed by atoms with Crippen LogP contribution in [0.4, 0.5) is 0 Å². The van der Waals surface area contributed by atoms with E-state index in [0.717, 1.165) is 26.0 Å². The molecule has 128 valence electrons. The molecule has 1 aliphatic rings. The minimum absolute atomic E-state index is 0.226. The highest BCUT2D eigenvalue weighted by molar-refractivity contribution is 14.1. The van der Waals surface area contributed by atoms with Gasteiger partial charge in [-0.2, -0.15) is 0 Å². The molecule has 4 rings (SSSR count). The molecule has 0 aliphatic carbocycles. The quantitative estimate of drug-likeness (QED) is 0.310. The molecule has 0 saturated heterocycles. The number of esters is 1. The molecule has 0 saturated carbocycles. The first kappa shape index (κ1) is 16.8. The predicted octanol–water partition coefficient (Wildman–Crippen LogP) is 5.20. The SMILES string of the molecule is Cc1ccc(C2=NC(=Cc3ccc(-c4ccc(I)cc4)o3)C(=O)O2)cc1. The smallest absolute Gasteiger partial charge is 0.363 e. The average molecular weight is 455 g/mol. The molecule has 0 atom stereocenters. The third-order valence-electron chi connectivity index (χ3n) is 3.95. The number of hydrogen-bond acceptors (Lipinski definition) is 4. The highest BCUT2D eigenvalue weighted by Crippen LogP contribution is 2.26. The Morgan fingerprint density at radius 3 is 2.35 bits per heavy atom. The largest absolute Gasteiger partial charge is 0.457 e. The number of rotatable bonds is 3. The van der Waals surface area contributed by atoms with E-state index in [0.29, 0.717) is 11.7 Å². The van der Waals surface area contributed by atoms with Gasteiger partial charge in [0.05, 0.1) is 0 Å². The number of halogens is 1. The van der Waals surface area contributed by atoms with Crippen molar-refractivity contribution in [2.24, 2.45) is 4.99 Å². The number of nitrogens with zero attached hydrogens (tertiary/aromatic N) is 1. The van der Waals surface area contributed by atoms with Gasteiger partial charge < -0.3 is 9.15 Å². The first-order valence-corrected chi connectivity index (χ1v) is 9.12. The van der Waals surface area contributed by atoms with Gasteiger partial charge in [-0.3, -0.25) is 0 Å². The van der Waals surface area contributed by atoms with Crippen molar-refractivity contribution in [2.75, 3.05) is 0 Å². The summed E-state index contributed by atoms with van der Waals surface area (Å²) in [4.78, 5) is 16.4. The van der Waals surface area contributed by atoms with Crippen LogP contribution in [0, 0.1) is 10.5 Å². The van der Waals surface area contributed by atoms with E-state index in [4.69, 9.17) is 9.15 Å². The molecule has 0 radical (unpaired) electrons. The Labute approximate surface area is 164 Å². The first-order valence-electron chi connectivity index (χ1n) is 8.04. The van der Waals surface area contributed by atoms with Gasteiger partial charge >= 0.3 is 5.97 Å². The van der Waals surface area contributed by atoms with Gasteiger partial charge in [0.2, 0.25) is 5.90 Å². The minimum Gasteiger partial charge on any atom is -0.457 e. The zero-order chi connectivity index (χ0) is 18.1. The lowest BCUT2D eigenvalue weighted by molar-refractivity contribution is -0.129. The van der Waals surface area contributed by atoms with Gasteiger partial charge in [0.15, 0.2) is 5.70 Å². The third kappa shape index (κ3) is 3.48. The van der Waals surface area contributed by atoms with E-state index >= 15 is 0 Å². The number of hydrogen-bond donors (Lipinski definition) is 0. The van der Waals surface area contributed by atoms with Gasteiger partial charge in [-0.1, -0.05) is 29.8 Å².